The van der Waals surface area contributed by atoms with E-state index >= 15 is 8.78 Å². The molecule has 0 bridgehead atoms. The number of unbranched alkanes of at least 4 members (excludes halogenated alkanes) is 6. The normalized spacial score (nSPS) is 11.1. The Hall–Kier alpha value is -2.48. The van der Waals surface area contributed by atoms with Crippen molar-refractivity contribution in [2.24, 2.45) is 0 Å². The van der Waals surface area contributed by atoms with Crippen molar-refractivity contribution in [2.75, 3.05) is 0 Å². The fraction of sp³-hybridized carbons (Fsp3) is 0.400. The van der Waals surface area contributed by atoms with E-state index in [9.17, 15) is 0 Å². The van der Waals surface area contributed by atoms with E-state index in [1.165, 1.54) is 32.1 Å². The van der Waals surface area contributed by atoms with Crippen molar-refractivity contribution in [3.8, 4) is 22.3 Å². The summed E-state index contributed by atoms with van der Waals surface area (Å²) in [6.07, 6.45) is 10.7. The van der Waals surface area contributed by atoms with E-state index < -0.39 is 11.6 Å². The van der Waals surface area contributed by atoms with Crippen LogP contribution in [0.5, 0.6) is 0 Å². The van der Waals surface area contributed by atoms with Crippen LogP contribution in [-0.4, -0.2) is 0 Å². The molecule has 2 heteroatoms. The molecular weight excluding hydrogens is 398 g/mol. The van der Waals surface area contributed by atoms with Gasteiger partial charge in [0.05, 0.1) is 0 Å². The van der Waals surface area contributed by atoms with Crippen LogP contribution in [0.25, 0.3) is 22.3 Å². The first-order valence-electron chi connectivity index (χ1n) is 12.3. The van der Waals surface area contributed by atoms with E-state index in [-0.39, 0.29) is 0 Å². The van der Waals surface area contributed by atoms with Crippen LogP contribution in [0.15, 0.2) is 60.7 Å². The second-order valence-corrected chi connectivity index (χ2v) is 8.75. The summed E-state index contributed by atoms with van der Waals surface area (Å²) in [5.41, 5.74) is 4.83. The minimum Gasteiger partial charge on any atom is -0.203 e. The molecular formula is C30H36F2. The number of benzene rings is 3. The Kier molecular flexibility index (Phi) is 9.46. The quantitative estimate of drug-likeness (QED) is 0.249. The fourth-order valence-corrected chi connectivity index (χ4v) is 4.42. The average Bonchev–Trinajstić information content (AvgIpc) is 2.83. The molecule has 0 aliphatic heterocycles. The van der Waals surface area contributed by atoms with Crippen LogP contribution in [0.1, 0.15) is 76.3 Å². The molecule has 0 heterocycles. The highest BCUT2D eigenvalue weighted by Crippen LogP contribution is 2.32. The number of halogens is 2. The number of hydrogen-bond acceptors (Lipinski definition) is 0. The maximum absolute atomic E-state index is 15.1. The molecule has 0 saturated heterocycles. The molecule has 0 spiro atoms. The maximum Gasteiger partial charge on any atom is 0.166 e. The summed E-state index contributed by atoms with van der Waals surface area (Å²) in [5.74, 6) is -1.38. The Balaban J connectivity index is 1.80. The second-order valence-electron chi connectivity index (χ2n) is 8.75. The third kappa shape index (κ3) is 6.28. The van der Waals surface area contributed by atoms with Gasteiger partial charge in [-0.25, -0.2) is 8.78 Å². The van der Waals surface area contributed by atoms with Crippen LogP contribution >= 0.6 is 0 Å². The molecule has 3 aromatic rings. The highest BCUT2D eigenvalue weighted by Gasteiger charge is 2.19. The fourth-order valence-electron chi connectivity index (χ4n) is 4.42. The first kappa shape index (κ1) is 24.2. The topological polar surface area (TPSA) is 0 Å². The van der Waals surface area contributed by atoms with Crippen molar-refractivity contribution in [2.45, 2.75) is 78.1 Å². The van der Waals surface area contributed by atoms with Crippen molar-refractivity contribution in [3.05, 3.63) is 83.4 Å². The van der Waals surface area contributed by atoms with Crippen LogP contribution in [-0.2, 0) is 12.8 Å². The molecule has 0 unspecified atom stereocenters. The lowest BCUT2D eigenvalue weighted by Gasteiger charge is -2.15. The van der Waals surface area contributed by atoms with Gasteiger partial charge in [-0.15, -0.1) is 0 Å². The molecule has 170 valence electrons. The molecule has 3 rings (SSSR count). The van der Waals surface area contributed by atoms with E-state index in [4.69, 9.17) is 0 Å². The Morgan fingerprint density at radius 2 is 1.16 bits per heavy atom. The Morgan fingerprint density at radius 3 is 1.81 bits per heavy atom. The second kappa shape index (κ2) is 12.5. The van der Waals surface area contributed by atoms with Crippen molar-refractivity contribution in [3.63, 3.8) is 0 Å². The van der Waals surface area contributed by atoms with Gasteiger partial charge < -0.3 is 0 Å². The summed E-state index contributed by atoms with van der Waals surface area (Å²) in [7, 11) is 0. The highest BCUT2D eigenvalue weighted by atomic mass is 19.2. The molecule has 0 radical (unpaired) electrons. The van der Waals surface area contributed by atoms with Crippen molar-refractivity contribution in [1.82, 2.24) is 0 Å². The summed E-state index contributed by atoms with van der Waals surface area (Å²) in [4.78, 5) is 0. The minimum atomic E-state index is -0.718. The van der Waals surface area contributed by atoms with Crippen molar-refractivity contribution >= 4 is 0 Å². The van der Waals surface area contributed by atoms with Crippen molar-refractivity contribution < 1.29 is 8.78 Å². The molecule has 32 heavy (non-hydrogen) atoms. The van der Waals surface area contributed by atoms with Crippen LogP contribution < -0.4 is 0 Å². The van der Waals surface area contributed by atoms with Gasteiger partial charge in [-0.05, 0) is 53.1 Å². The zero-order valence-electron chi connectivity index (χ0n) is 19.6. The molecule has 3 aromatic carbocycles. The smallest absolute Gasteiger partial charge is 0.166 e. The molecule has 0 saturated carbocycles. The van der Waals surface area contributed by atoms with Gasteiger partial charge in [0.1, 0.15) is 0 Å². The van der Waals surface area contributed by atoms with Gasteiger partial charge in [0.15, 0.2) is 11.6 Å². The van der Waals surface area contributed by atoms with Gasteiger partial charge in [-0.1, -0.05) is 113 Å². The number of aryl methyl sites for hydroxylation is 1. The summed E-state index contributed by atoms with van der Waals surface area (Å²) in [6, 6.07) is 19.8. The molecule has 0 N–H and O–H groups in total. The van der Waals surface area contributed by atoms with Crippen molar-refractivity contribution in [1.29, 1.82) is 0 Å². The predicted molar refractivity (Wildman–Crippen MR) is 133 cm³/mol. The standard InChI is InChI=1S/C30H36F2/c1-3-5-6-7-8-9-11-17-26-22-28(30(32)29(31)27(26)14-4-2)25-20-18-24(19-21-25)23-15-12-10-13-16-23/h10,12-13,15-16,18-22H,3-9,11,14,17H2,1-2H3. The molecule has 0 aromatic heterocycles. The molecule has 0 nitrogen and oxygen atoms in total. The zero-order valence-corrected chi connectivity index (χ0v) is 19.6. The SMILES string of the molecule is CCCCCCCCCc1cc(-c2ccc(-c3ccccc3)cc2)c(F)c(F)c1CCC. The van der Waals surface area contributed by atoms with E-state index in [0.29, 0.717) is 17.5 Å². The summed E-state index contributed by atoms with van der Waals surface area (Å²) >= 11 is 0. The van der Waals surface area contributed by atoms with Gasteiger partial charge in [0, 0.05) is 5.56 Å². The molecule has 0 atom stereocenters. The Bertz CT molecular complexity index is 958. The molecule has 0 fully saturated rings. The number of rotatable bonds is 12. The Labute approximate surface area is 192 Å². The zero-order chi connectivity index (χ0) is 22.8. The lowest BCUT2D eigenvalue weighted by Crippen LogP contribution is -2.04. The first-order chi connectivity index (χ1) is 15.7. The third-order valence-corrected chi connectivity index (χ3v) is 6.25. The highest BCUT2D eigenvalue weighted by molar-refractivity contribution is 5.71. The largest absolute Gasteiger partial charge is 0.203 e. The van der Waals surface area contributed by atoms with E-state index in [2.05, 4.69) is 19.1 Å². The van der Waals surface area contributed by atoms with E-state index in [0.717, 1.165) is 47.9 Å². The monoisotopic (exact) mass is 434 g/mol. The number of hydrogen-bond donors (Lipinski definition) is 0. The first-order valence-corrected chi connectivity index (χ1v) is 12.3. The van der Waals surface area contributed by atoms with Gasteiger partial charge in [0.25, 0.3) is 0 Å². The summed E-state index contributed by atoms with van der Waals surface area (Å²) in [6.45, 7) is 4.25. The van der Waals surface area contributed by atoms with Gasteiger partial charge >= 0.3 is 0 Å². The molecule has 0 aliphatic rings. The maximum atomic E-state index is 15.1. The minimum absolute atomic E-state index is 0.375. The predicted octanol–water partition coefficient (Wildman–Crippen LogP) is 9.54. The van der Waals surface area contributed by atoms with Gasteiger partial charge in [-0.2, -0.15) is 0 Å². The summed E-state index contributed by atoms with van der Waals surface area (Å²) < 4.78 is 30.1. The summed E-state index contributed by atoms with van der Waals surface area (Å²) in [5, 5.41) is 0. The van der Waals surface area contributed by atoms with Crippen LogP contribution in [0.4, 0.5) is 8.78 Å². The van der Waals surface area contributed by atoms with Crippen LogP contribution in [0.2, 0.25) is 0 Å². The molecule has 0 amide bonds. The van der Waals surface area contributed by atoms with E-state index in [1.807, 2.05) is 55.5 Å². The van der Waals surface area contributed by atoms with Gasteiger partial charge in [0.2, 0.25) is 0 Å². The van der Waals surface area contributed by atoms with Crippen LogP contribution in [0.3, 0.4) is 0 Å². The lowest BCUT2D eigenvalue weighted by atomic mass is 9.91. The average molecular weight is 435 g/mol. The molecule has 0 aliphatic carbocycles. The van der Waals surface area contributed by atoms with Gasteiger partial charge in [-0.3, -0.25) is 0 Å². The Morgan fingerprint density at radius 1 is 0.562 bits per heavy atom. The lowest BCUT2D eigenvalue weighted by molar-refractivity contribution is 0.497. The van der Waals surface area contributed by atoms with Crippen LogP contribution in [0, 0.1) is 11.6 Å². The van der Waals surface area contributed by atoms with E-state index in [1.54, 1.807) is 0 Å². The third-order valence-electron chi connectivity index (χ3n) is 6.25.